The van der Waals surface area contributed by atoms with Gasteiger partial charge in [-0.2, -0.15) is 4.98 Å². The van der Waals surface area contributed by atoms with Crippen LogP contribution in [-0.4, -0.2) is 25.1 Å². The Labute approximate surface area is 103 Å². The fourth-order valence-corrected chi connectivity index (χ4v) is 1.58. The zero-order valence-electron chi connectivity index (χ0n) is 9.82. The predicted octanol–water partition coefficient (Wildman–Crippen LogP) is 1.88. The maximum Gasteiger partial charge on any atom is 0.226 e. The number of rotatable bonds is 3. The first kappa shape index (κ1) is 10.6. The van der Waals surface area contributed by atoms with Crippen LogP contribution in [-0.2, 0) is 6.42 Å². The van der Waals surface area contributed by atoms with Gasteiger partial charge < -0.3 is 4.52 Å². The van der Waals surface area contributed by atoms with E-state index in [1.54, 1.807) is 10.9 Å². The molecule has 3 rings (SSSR count). The Morgan fingerprint density at radius 3 is 2.78 bits per heavy atom. The van der Waals surface area contributed by atoms with Crippen LogP contribution in [0.3, 0.4) is 0 Å². The Bertz CT molecular complexity index is 643. The van der Waals surface area contributed by atoms with Crippen LogP contribution in [0.5, 0.6) is 0 Å². The van der Waals surface area contributed by atoms with Crippen LogP contribution in [0.1, 0.15) is 12.8 Å². The average molecular weight is 241 g/mol. The maximum atomic E-state index is 5.05. The summed E-state index contributed by atoms with van der Waals surface area (Å²) in [6, 6.07) is 9.74. The number of aromatic nitrogens is 5. The van der Waals surface area contributed by atoms with Crippen molar-refractivity contribution in [3.05, 3.63) is 42.4 Å². The van der Waals surface area contributed by atoms with Crippen molar-refractivity contribution in [1.29, 1.82) is 0 Å². The number of hydrogen-bond acceptors (Lipinski definition) is 5. The van der Waals surface area contributed by atoms with E-state index in [4.69, 9.17) is 4.52 Å². The summed E-state index contributed by atoms with van der Waals surface area (Å²) in [4.78, 5) is 4.21. The van der Waals surface area contributed by atoms with Gasteiger partial charge in [0.2, 0.25) is 11.7 Å². The van der Waals surface area contributed by atoms with Gasteiger partial charge in [0, 0.05) is 6.42 Å². The second-order valence-electron chi connectivity index (χ2n) is 3.75. The second-order valence-corrected chi connectivity index (χ2v) is 3.75. The molecule has 0 bridgehead atoms. The number of benzene rings is 1. The Kier molecular flexibility index (Phi) is 2.60. The van der Waals surface area contributed by atoms with Crippen LogP contribution in [0, 0.1) is 0 Å². The van der Waals surface area contributed by atoms with Crippen molar-refractivity contribution in [3.8, 4) is 17.2 Å². The molecular weight excluding hydrogens is 230 g/mol. The Balaban J connectivity index is 1.94. The fourth-order valence-electron chi connectivity index (χ4n) is 1.58. The van der Waals surface area contributed by atoms with Crippen LogP contribution in [0.4, 0.5) is 0 Å². The minimum atomic E-state index is 0.467. The molecule has 0 saturated carbocycles. The Morgan fingerprint density at radius 1 is 1.22 bits per heavy atom. The predicted molar refractivity (Wildman–Crippen MR) is 64.0 cm³/mol. The van der Waals surface area contributed by atoms with E-state index in [0.29, 0.717) is 23.8 Å². The monoisotopic (exact) mass is 241 g/mol. The summed E-state index contributed by atoms with van der Waals surface area (Å²) in [5, 5.41) is 11.9. The number of para-hydroxylation sites is 1. The van der Waals surface area contributed by atoms with E-state index in [9.17, 15) is 0 Å². The SMILES string of the molecule is CCc1nc(-c2cn(-c3ccccc3)nn2)no1. The fraction of sp³-hybridized carbons (Fsp3) is 0.167. The van der Waals surface area contributed by atoms with E-state index >= 15 is 0 Å². The van der Waals surface area contributed by atoms with Gasteiger partial charge in [0.1, 0.15) is 0 Å². The van der Waals surface area contributed by atoms with Crippen LogP contribution < -0.4 is 0 Å². The molecule has 6 nitrogen and oxygen atoms in total. The summed E-state index contributed by atoms with van der Waals surface area (Å²) < 4.78 is 6.72. The largest absolute Gasteiger partial charge is 0.339 e. The molecule has 90 valence electrons. The zero-order valence-corrected chi connectivity index (χ0v) is 9.82. The molecule has 0 N–H and O–H groups in total. The number of hydrogen-bond donors (Lipinski definition) is 0. The van der Waals surface area contributed by atoms with Gasteiger partial charge in [0.25, 0.3) is 0 Å². The van der Waals surface area contributed by atoms with Crippen molar-refractivity contribution in [2.45, 2.75) is 13.3 Å². The molecule has 0 aliphatic heterocycles. The molecule has 3 aromatic rings. The molecule has 6 heteroatoms. The van der Waals surface area contributed by atoms with Crippen molar-refractivity contribution < 1.29 is 4.52 Å². The van der Waals surface area contributed by atoms with Crippen molar-refractivity contribution in [2.75, 3.05) is 0 Å². The second kappa shape index (κ2) is 4.40. The molecular formula is C12H11N5O. The highest BCUT2D eigenvalue weighted by atomic mass is 16.5. The molecule has 2 aromatic heterocycles. The summed E-state index contributed by atoms with van der Waals surface area (Å²) in [7, 11) is 0. The van der Waals surface area contributed by atoms with Gasteiger partial charge in [-0.15, -0.1) is 5.10 Å². The lowest BCUT2D eigenvalue weighted by Gasteiger charge is -1.96. The van der Waals surface area contributed by atoms with Crippen molar-refractivity contribution in [2.24, 2.45) is 0 Å². The van der Waals surface area contributed by atoms with Gasteiger partial charge >= 0.3 is 0 Å². The minimum Gasteiger partial charge on any atom is -0.339 e. The molecule has 0 fully saturated rings. The smallest absolute Gasteiger partial charge is 0.226 e. The lowest BCUT2D eigenvalue weighted by atomic mass is 10.3. The van der Waals surface area contributed by atoms with Gasteiger partial charge in [0.05, 0.1) is 11.9 Å². The first-order chi connectivity index (χ1) is 8.86. The summed E-state index contributed by atoms with van der Waals surface area (Å²) in [6.45, 7) is 1.96. The molecule has 0 spiro atoms. The van der Waals surface area contributed by atoms with Crippen LogP contribution in [0.2, 0.25) is 0 Å². The van der Waals surface area contributed by atoms with Crippen LogP contribution in [0.25, 0.3) is 17.2 Å². The van der Waals surface area contributed by atoms with E-state index in [-0.39, 0.29) is 0 Å². The van der Waals surface area contributed by atoms with E-state index < -0.39 is 0 Å². The third kappa shape index (κ3) is 1.88. The molecule has 0 atom stereocenters. The minimum absolute atomic E-state index is 0.467. The van der Waals surface area contributed by atoms with Crippen LogP contribution in [0.15, 0.2) is 41.1 Å². The van der Waals surface area contributed by atoms with Gasteiger partial charge in [0.15, 0.2) is 5.69 Å². The molecule has 0 radical (unpaired) electrons. The van der Waals surface area contributed by atoms with Gasteiger partial charge in [-0.3, -0.25) is 0 Å². The summed E-state index contributed by atoms with van der Waals surface area (Å²) >= 11 is 0. The molecule has 0 aliphatic rings. The first-order valence-electron chi connectivity index (χ1n) is 5.67. The Hall–Kier alpha value is -2.50. The van der Waals surface area contributed by atoms with E-state index in [1.807, 2.05) is 37.3 Å². The van der Waals surface area contributed by atoms with Gasteiger partial charge in [-0.1, -0.05) is 35.5 Å². The van der Waals surface area contributed by atoms with Crippen LogP contribution >= 0.6 is 0 Å². The summed E-state index contributed by atoms with van der Waals surface area (Å²) in [5.41, 5.74) is 1.54. The third-order valence-electron chi connectivity index (χ3n) is 2.51. The number of nitrogens with zero attached hydrogens (tertiary/aromatic N) is 5. The lowest BCUT2D eigenvalue weighted by Crippen LogP contribution is -1.93. The summed E-state index contributed by atoms with van der Waals surface area (Å²) in [6.07, 6.45) is 2.49. The number of aryl methyl sites for hydroxylation is 1. The molecule has 2 heterocycles. The topological polar surface area (TPSA) is 69.6 Å². The third-order valence-corrected chi connectivity index (χ3v) is 2.51. The maximum absolute atomic E-state index is 5.05. The lowest BCUT2D eigenvalue weighted by molar-refractivity contribution is 0.382. The molecule has 0 aliphatic carbocycles. The molecule has 1 aromatic carbocycles. The molecule has 18 heavy (non-hydrogen) atoms. The van der Waals surface area contributed by atoms with Crippen molar-refractivity contribution in [1.82, 2.24) is 25.1 Å². The standard InChI is InChI=1S/C12H11N5O/c1-2-11-13-12(15-18-11)10-8-17(16-14-10)9-6-4-3-5-7-9/h3-8H,2H2,1H3. The normalized spacial score (nSPS) is 10.7. The van der Waals surface area contributed by atoms with Gasteiger partial charge in [-0.05, 0) is 12.1 Å². The van der Waals surface area contributed by atoms with E-state index in [0.717, 1.165) is 5.69 Å². The summed E-state index contributed by atoms with van der Waals surface area (Å²) in [5.74, 6) is 1.06. The van der Waals surface area contributed by atoms with Crippen molar-refractivity contribution in [3.63, 3.8) is 0 Å². The molecule has 0 unspecified atom stereocenters. The quantitative estimate of drug-likeness (QED) is 0.700. The van der Waals surface area contributed by atoms with Crippen molar-refractivity contribution >= 4 is 0 Å². The van der Waals surface area contributed by atoms with Gasteiger partial charge in [-0.25, -0.2) is 4.68 Å². The zero-order chi connectivity index (χ0) is 12.4. The average Bonchev–Trinajstić information content (AvgIpc) is 3.08. The highest BCUT2D eigenvalue weighted by Gasteiger charge is 2.11. The highest BCUT2D eigenvalue weighted by molar-refractivity contribution is 5.47. The first-order valence-corrected chi connectivity index (χ1v) is 5.67. The molecule has 0 saturated heterocycles. The Morgan fingerprint density at radius 2 is 2.06 bits per heavy atom. The highest BCUT2D eigenvalue weighted by Crippen LogP contribution is 2.14. The van der Waals surface area contributed by atoms with E-state index in [2.05, 4.69) is 20.5 Å². The van der Waals surface area contributed by atoms with E-state index in [1.165, 1.54) is 0 Å². The molecule has 0 amide bonds.